The van der Waals surface area contributed by atoms with Crippen LogP contribution in [0.3, 0.4) is 0 Å². The van der Waals surface area contributed by atoms with E-state index in [9.17, 15) is 13.6 Å². The van der Waals surface area contributed by atoms with E-state index in [-0.39, 0.29) is 6.42 Å². The monoisotopic (exact) mass is 290 g/mol. The quantitative estimate of drug-likeness (QED) is 0.908. The van der Waals surface area contributed by atoms with Gasteiger partial charge in [0, 0.05) is 4.47 Å². The topological polar surface area (TPSA) is 37.3 Å². The van der Waals surface area contributed by atoms with E-state index in [1.807, 2.05) is 0 Å². The number of fused-ring (bicyclic) bond motifs is 1. The van der Waals surface area contributed by atoms with Gasteiger partial charge in [-0.3, -0.25) is 0 Å². The van der Waals surface area contributed by atoms with Crippen molar-refractivity contribution in [1.29, 1.82) is 0 Å². The van der Waals surface area contributed by atoms with E-state index < -0.39 is 17.8 Å². The average molecular weight is 291 g/mol. The molecule has 2 nitrogen and oxygen atoms in total. The molecule has 5 heteroatoms. The summed E-state index contributed by atoms with van der Waals surface area (Å²) in [5, 5.41) is 8.52. The van der Waals surface area contributed by atoms with Crippen LogP contribution >= 0.6 is 15.9 Å². The number of halogens is 3. The van der Waals surface area contributed by atoms with Gasteiger partial charge in [0.15, 0.2) is 0 Å². The van der Waals surface area contributed by atoms with E-state index in [4.69, 9.17) is 5.11 Å². The number of hydrogen-bond acceptors (Lipinski definition) is 1. The lowest BCUT2D eigenvalue weighted by Crippen LogP contribution is -2.34. The number of carboxylic acid groups (broad SMARTS) is 1. The first-order chi connectivity index (χ1) is 7.43. The molecule has 0 aliphatic heterocycles. The smallest absolute Gasteiger partial charge is 0.375 e. The number of aliphatic carboxylic acids is 1. The van der Waals surface area contributed by atoms with E-state index in [1.165, 1.54) is 0 Å². The molecule has 0 aromatic heterocycles. The van der Waals surface area contributed by atoms with Crippen LogP contribution in [0.4, 0.5) is 8.78 Å². The van der Waals surface area contributed by atoms with Gasteiger partial charge in [-0.05, 0) is 36.1 Å². The Balaban J connectivity index is 2.41. The van der Waals surface area contributed by atoms with Crippen molar-refractivity contribution in [3.05, 3.63) is 33.8 Å². The van der Waals surface area contributed by atoms with Crippen LogP contribution in [0.25, 0.3) is 0 Å². The molecular formula is C11H9BrF2O2. The van der Waals surface area contributed by atoms with Crippen LogP contribution in [-0.4, -0.2) is 17.0 Å². The third-order valence-corrected chi connectivity index (χ3v) is 3.40. The number of carbonyl (C=O) groups is 1. The second kappa shape index (κ2) is 3.80. The predicted molar refractivity (Wildman–Crippen MR) is 57.8 cm³/mol. The summed E-state index contributed by atoms with van der Waals surface area (Å²) < 4.78 is 27.7. The van der Waals surface area contributed by atoms with Gasteiger partial charge in [0.25, 0.3) is 0 Å². The Kier molecular flexibility index (Phi) is 2.74. The van der Waals surface area contributed by atoms with E-state index in [0.717, 1.165) is 10.0 Å². The van der Waals surface area contributed by atoms with Crippen molar-refractivity contribution in [3.63, 3.8) is 0 Å². The SMILES string of the molecule is O=C(O)C(F)(F)C1CCc2cc(Br)ccc21. The molecule has 2 rings (SSSR count). The van der Waals surface area contributed by atoms with Crippen molar-refractivity contribution >= 4 is 21.9 Å². The maximum absolute atomic E-state index is 13.4. The molecule has 16 heavy (non-hydrogen) atoms. The van der Waals surface area contributed by atoms with Crippen molar-refractivity contribution in [3.8, 4) is 0 Å². The lowest BCUT2D eigenvalue weighted by molar-refractivity contribution is -0.168. The molecule has 1 atom stereocenters. The van der Waals surface area contributed by atoms with Crippen molar-refractivity contribution < 1.29 is 18.7 Å². The van der Waals surface area contributed by atoms with E-state index in [1.54, 1.807) is 18.2 Å². The minimum atomic E-state index is -3.68. The average Bonchev–Trinajstić information content (AvgIpc) is 2.60. The molecule has 1 aliphatic rings. The van der Waals surface area contributed by atoms with Crippen molar-refractivity contribution in [1.82, 2.24) is 0 Å². The number of carboxylic acids is 1. The maximum Gasteiger partial charge on any atom is 0.375 e. The summed E-state index contributed by atoms with van der Waals surface area (Å²) in [6, 6.07) is 5.01. The van der Waals surface area contributed by atoms with E-state index in [0.29, 0.717) is 12.0 Å². The molecule has 0 saturated heterocycles. The number of rotatable bonds is 2. The maximum atomic E-state index is 13.4. The number of aryl methyl sites for hydroxylation is 1. The summed E-state index contributed by atoms with van der Waals surface area (Å²) >= 11 is 3.26. The minimum absolute atomic E-state index is 0.186. The van der Waals surface area contributed by atoms with Crippen molar-refractivity contribution in [2.75, 3.05) is 0 Å². The molecule has 0 heterocycles. The first-order valence-corrected chi connectivity index (χ1v) is 5.61. The fraction of sp³-hybridized carbons (Fsp3) is 0.364. The van der Waals surface area contributed by atoms with Gasteiger partial charge in [0.1, 0.15) is 0 Å². The van der Waals surface area contributed by atoms with Crippen LogP contribution in [0.2, 0.25) is 0 Å². The van der Waals surface area contributed by atoms with Gasteiger partial charge in [-0.2, -0.15) is 8.78 Å². The summed E-state index contributed by atoms with van der Waals surface area (Å²) in [6.07, 6.45) is 0.688. The zero-order valence-electron chi connectivity index (χ0n) is 8.21. The Morgan fingerprint density at radius 1 is 1.50 bits per heavy atom. The van der Waals surface area contributed by atoms with Crippen LogP contribution in [-0.2, 0) is 11.2 Å². The van der Waals surface area contributed by atoms with Crippen LogP contribution < -0.4 is 0 Å². The fourth-order valence-corrected chi connectivity index (χ4v) is 2.52. The highest BCUT2D eigenvalue weighted by atomic mass is 79.9. The second-order valence-corrected chi connectivity index (χ2v) is 4.78. The first-order valence-electron chi connectivity index (χ1n) is 4.82. The summed E-state index contributed by atoms with van der Waals surface area (Å²) in [5.41, 5.74) is 1.26. The third-order valence-electron chi connectivity index (χ3n) is 2.91. The molecule has 86 valence electrons. The Hall–Kier alpha value is -0.970. The largest absolute Gasteiger partial charge is 0.477 e. The lowest BCUT2D eigenvalue weighted by Gasteiger charge is -2.19. The highest BCUT2D eigenvalue weighted by Gasteiger charge is 2.50. The van der Waals surface area contributed by atoms with E-state index >= 15 is 0 Å². The molecular weight excluding hydrogens is 282 g/mol. The first kappa shape index (κ1) is 11.5. The fourth-order valence-electron chi connectivity index (χ4n) is 2.11. The zero-order chi connectivity index (χ0) is 11.9. The zero-order valence-corrected chi connectivity index (χ0v) is 9.80. The molecule has 1 aliphatic carbocycles. The predicted octanol–water partition coefficient (Wildman–Crippen LogP) is 3.20. The molecule has 0 spiro atoms. The Morgan fingerprint density at radius 2 is 2.19 bits per heavy atom. The molecule has 1 unspecified atom stereocenters. The van der Waals surface area contributed by atoms with Crippen LogP contribution in [0.15, 0.2) is 22.7 Å². The van der Waals surface area contributed by atoms with Crippen molar-refractivity contribution in [2.45, 2.75) is 24.7 Å². The van der Waals surface area contributed by atoms with Crippen LogP contribution in [0, 0.1) is 0 Å². The molecule has 1 N–H and O–H groups in total. The minimum Gasteiger partial charge on any atom is -0.477 e. The number of hydrogen-bond donors (Lipinski definition) is 1. The molecule has 0 amide bonds. The Labute approximate surface area is 99.4 Å². The molecule has 0 bridgehead atoms. The third kappa shape index (κ3) is 1.73. The van der Waals surface area contributed by atoms with Gasteiger partial charge >= 0.3 is 11.9 Å². The normalized spacial score (nSPS) is 19.6. The molecule has 1 aromatic rings. The summed E-state index contributed by atoms with van der Waals surface area (Å²) in [7, 11) is 0. The van der Waals surface area contributed by atoms with E-state index in [2.05, 4.69) is 15.9 Å². The molecule has 0 saturated carbocycles. The highest BCUT2D eigenvalue weighted by Crippen LogP contribution is 2.44. The van der Waals surface area contributed by atoms with Gasteiger partial charge in [0.2, 0.25) is 0 Å². The van der Waals surface area contributed by atoms with Crippen LogP contribution in [0.1, 0.15) is 23.5 Å². The lowest BCUT2D eigenvalue weighted by atomic mass is 9.94. The number of benzene rings is 1. The van der Waals surface area contributed by atoms with Gasteiger partial charge < -0.3 is 5.11 Å². The number of alkyl halides is 2. The Morgan fingerprint density at radius 3 is 2.81 bits per heavy atom. The standard InChI is InChI=1S/C11H9BrF2O2/c12-7-2-3-8-6(5-7)1-4-9(8)11(13,14)10(15)16/h2-3,5,9H,1,4H2,(H,15,16). The summed E-state index contributed by atoms with van der Waals surface area (Å²) in [4.78, 5) is 10.5. The summed E-state index contributed by atoms with van der Waals surface area (Å²) in [5.74, 6) is -6.93. The second-order valence-electron chi connectivity index (χ2n) is 3.86. The van der Waals surface area contributed by atoms with Crippen LogP contribution in [0.5, 0.6) is 0 Å². The molecule has 0 fully saturated rings. The van der Waals surface area contributed by atoms with Crippen molar-refractivity contribution in [2.24, 2.45) is 0 Å². The highest BCUT2D eigenvalue weighted by molar-refractivity contribution is 9.10. The van der Waals surface area contributed by atoms with Gasteiger partial charge in [-0.25, -0.2) is 4.79 Å². The van der Waals surface area contributed by atoms with Gasteiger partial charge in [-0.1, -0.05) is 22.0 Å². The summed E-state index contributed by atoms with van der Waals surface area (Å²) in [6.45, 7) is 0. The Bertz CT molecular complexity index is 446. The molecule has 1 aromatic carbocycles. The van der Waals surface area contributed by atoms with Gasteiger partial charge in [0.05, 0.1) is 5.92 Å². The van der Waals surface area contributed by atoms with Gasteiger partial charge in [-0.15, -0.1) is 0 Å². The molecule has 0 radical (unpaired) electrons.